The third-order valence-corrected chi connectivity index (χ3v) is 7.27. The Balaban J connectivity index is 2.07. The van der Waals surface area contributed by atoms with E-state index >= 15 is 0 Å². The predicted octanol–water partition coefficient (Wildman–Crippen LogP) is 5.67. The van der Waals surface area contributed by atoms with Crippen molar-refractivity contribution in [3.05, 3.63) is 65.7 Å². The number of sulfone groups is 1. The van der Waals surface area contributed by atoms with E-state index in [1.165, 1.54) is 5.41 Å². The number of aromatic nitrogens is 1. The molecule has 1 heterocycles. The molecule has 3 rings (SSSR count). The minimum absolute atomic E-state index is 0.0129. The first kappa shape index (κ1) is 23.4. The van der Waals surface area contributed by atoms with Crippen molar-refractivity contribution in [2.24, 2.45) is 0 Å². The Morgan fingerprint density at radius 3 is 2.39 bits per heavy atom. The third-order valence-electron chi connectivity index (χ3n) is 4.65. The highest BCUT2D eigenvalue weighted by Gasteiger charge is 2.21. The monoisotopic (exact) mass is 459 g/mol. The number of rotatable bonds is 8. The lowest BCUT2D eigenvalue weighted by Gasteiger charge is -2.18. The Morgan fingerprint density at radius 1 is 1.06 bits per heavy atom. The minimum atomic E-state index is -3.50. The fourth-order valence-electron chi connectivity index (χ4n) is 3.43. The van der Waals surface area contributed by atoms with E-state index in [-0.39, 0.29) is 9.64 Å². The van der Waals surface area contributed by atoms with Crippen molar-refractivity contribution in [2.75, 3.05) is 14.2 Å². The zero-order valence-electron chi connectivity index (χ0n) is 18.6. The Hall–Kier alpha value is -2.22. The number of fused-ring (bicyclic) bond motifs is 1. The maximum atomic E-state index is 12.6. The quantitative estimate of drug-likeness (QED) is 0.406. The number of hydrogen-bond donors (Lipinski definition) is 0. The molecule has 0 fully saturated rings. The number of hydrogen-bond acceptors (Lipinski definition) is 5. The highest BCUT2D eigenvalue weighted by Crippen LogP contribution is 2.42. The molecule has 2 aromatic carbocycles. The van der Waals surface area contributed by atoms with Crippen molar-refractivity contribution >= 4 is 32.5 Å². The van der Waals surface area contributed by atoms with E-state index in [2.05, 4.69) is 31.5 Å². The maximum Gasteiger partial charge on any atom is 0.199 e. The van der Waals surface area contributed by atoms with Gasteiger partial charge in [0.1, 0.15) is 12.5 Å². The van der Waals surface area contributed by atoms with E-state index in [4.69, 9.17) is 9.47 Å². The zero-order chi connectivity index (χ0) is 22.6. The Labute approximate surface area is 189 Å². The normalized spacial score (nSPS) is 12.7. The summed E-state index contributed by atoms with van der Waals surface area (Å²) in [5.41, 5.74) is 1.99. The molecule has 0 atom stereocenters. The molecule has 0 aliphatic rings. The van der Waals surface area contributed by atoms with Crippen LogP contribution in [0.3, 0.4) is 0 Å². The number of methoxy groups -OCH3 is 2. The van der Waals surface area contributed by atoms with Crippen molar-refractivity contribution in [3.8, 4) is 5.75 Å². The van der Waals surface area contributed by atoms with E-state index in [0.717, 1.165) is 27.1 Å². The molecule has 0 aliphatic heterocycles. The molecule has 0 amide bonds. The molecule has 0 bridgehead atoms. The molecular weight excluding hydrogens is 430 g/mol. The van der Waals surface area contributed by atoms with Gasteiger partial charge in [-0.05, 0) is 30.7 Å². The summed E-state index contributed by atoms with van der Waals surface area (Å²) in [5.74, 6) is 0.736. The van der Waals surface area contributed by atoms with Crippen LogP contribution in [-0.2, 0) is 27.7 Å². The first-order valence-electron chi connectivity index (χ1n) is 9.99. The van der Waals surface area contributed by atoms with Gasteiger partial charge in [0.05, 0.1) is 17.5 Å². The van der Waals surface area contributed by atoms with Crippen LogP contribution in [0.25, 0.3) is 10.9 Å². The van der Waals surface area contributed by atoms with Crippen LogP contribution in [0.1, 0.15) is 26.3 Å². The molecule has 0 aliphatic carbocycles. The summed E-state index contributed by atoms with van der Waals surface area (Å²) >= 11 is 1.77. The SMILES string of the molecule is COCn1cc(SC(C)(C)C)c2c(C/C=C/S(=O)(=O)c3ccccc3)c(OC)ccc21. The smallest absolute Gasteiger partial charge is 0.199 e. The van der Waals surface area contributed by atoms with Crippen molar-refractivity contribution in [3.63, 3.8) is 0 Å². The molecule has 0 saturated heterocycles. The van der Waals surface area contributed by atoms with E-state index in [1.54, 1.807) is 62.4 Å². The molecule has 0 spiro atoms. The second kappa shape index (κ2) is 9.51. The van der Waals surface area contributed by atoms with E-state index in [9.17, 15) is 8.42 Å². The second-order valence-corrected chi connectivity index (χ2v) is 11.9. The first-order valence-corrected chi connectivity index (χ1v) is 12.4. The van der Waals surface area contributed by atoms with E-state index in [0.29, 0.717) is 13.2 Å². The topological polar surface area (TPSA) is 57.5 Å². The highest BCUT2D eigenvalue weighted by atomic mass is 32.2. The molecule has 31 heavy (non-hydrogen) atoms. The fourth-order valence-corrected chi connectivity index (χ4v) is 5.65. The van der Waals surface area contributed by atoms with Gasteiger partial charge in [-0.2, -0.15) is 0 Å². The van der Waals surface area contributed by atoms with Crippen LogP contribution in [0, 0.1) is 0 Å². The van der Waals surface area contributed by atoms with Gasteiger partial charge in [-0.1, -0.05) is 45.0 Å². The van der Waals surface area contributed by atoms with Crippen molar-refractivity contribution in [2.45, 2.75) is 48.5 Å². The lowest BCUT2D eigenvalue weighted by molar-refractivity contribution is 0.134. The molecule has 166 valence electrons. The second-order valence-electron chi connectivity index (χ2n) is 8.17. The first-order chi connectivity index (χ1) is 14.7. The van der Waals surface area contributed by atoms with Crippen LogP contribution in [0.5, 0.6) is 5.75 Å². The summed E-state index contributed by atoms with van der Waals surface area (Å²) in [7, 11) is -0.190. The van der Waals surface area contributed by atoms with Gasteiger partial charge in [0, 0.05) is 39.3 Å². The maximum absolute atomic E-state index is 12.6. The van der Waals surface area contributed by atoms with Crippen molar-refractivity contribution in [1.29, 1.82) is 0 Å². The van der Waals surface area contributed by atoms with Gasteiger partial charge in [-0.3, -0.25) is 0 Å². The third kappa shape index (κ3) is 5.53. The average Bonchev–Trinajstić information content (AvgIpc) is 3.05. The molecule has 5 nitrogen and oxygen atoms in total. The lowest BCUT2D eigenvalue weighted by atomic mass is 10.1. The summed E-state index contributed by atoms with van der Waals surface area (Å²) in [6.45, 7) is 6.95. The minimum Gasteiger partial charge on any atom is -0.496 e. The van der Waals surface area contributed by atoms with Gasteiger partial charge in [-0.15, -0.1) is 11.8 Å². The molecule has 0 unspecified atom stereocenters. The van der Waals surface area contributed by atoms with E-state index < -0.39 is 9.84 Å². The Bertz CT molecular complexity index is 1170. The number of benzene rings is 2. The fraction of sp³-hybridized carbons (Fsp3) is 0.333. The lowest BCUT2D eigenvalue weighted by Crippen LogP contribution is -2.06. The van der Waals surface area contributed by atoms with Gasteiger partial charge in [-0.25, -0.2) is 8.42 Å². The van der Waals surface area contributed by atoms with Gasteiger partial charge in [0.2, 0.25) is 0 Å². The Kier molecular flexibility index (Phi) is 7.19. The molecular formula is C24H29NO4S2. The van der Waals surface area contributed by atoms with Gasteiger partial charge in [0.25, 0.3) is 0 Å². The van der Waals surface area contributed by atoms with Crippen LogP contribution >= 0.6 is 11.8 Å². The summed E-state index contributed by atoms with van der Waals surface area (Å²) in [6.07, 6.45) is 4.22. The molecule has 0 saturated carbocycles. The van der Waals surface area contributed by atoms with Gasteiger partial charge in [0.15, 0.2) is 9.84 Å². The highest BCUT2D eigenvalue weighted by molar-refractivity contribution is 8.00. The van der Waals surface area contributed by atoms with Crippen LogP contribution in [-0.4, -0.2) is 32.0 Å². The zero-order valence-corrected chi connectivity index (χ0v) is 20.2. The molecule has 1 aromatic heterocycles. The number of nitrogens with zero attached hydrogens (tertiary/aromatic N) is 1. The largest absolute Gasteiger partial charge is 0.496 e. The molecule has 0 N–H and O–H groups in total. The molecule has 3 aromatic rings. The molecule has 7 heteroatoms. The Morgan fingerprint density at radius 2 is 1.77 bits per heavy atom. The summed E-state index contributed by atoms with van der Waals surface area (Å²) in [4.78, 5) is 1.40. The predicted molar refractivity (Wildman–Crippen MR) is 128 cm³/mol. The van der Waals surface area contributed by atoms with Crippen LogP contribution in [0.2, 0.25) is 0 Å². The number of thioether (sulfide) groups is 1. The summed E-state index contributed by atoms with van der Waals surface area (Å²) < 4.78 is 38.4. The van der Waals surface area contributed by atoms with Crippen molar-refractivity contribution < 1.29 is 17.9 Å². The van der Waals surface area contributed by atoms with Crippen molar-refractivity contribution in [1.82, 2.24) is 4.57 Å². The van der Waals surface area contributed by atoms with Gasteiger partial charge < -0.3 is 14.0 Å². The summed E-state index contributed by atoms with van der Waals surface area (Å²) in [5, 5.41) is 2.35. The summed E-state index contributed by atoms with van der Waals surface area (Å²) in [6, 6.07) is 12.4. The van der Waals surface area contributed by atoms with E-state index in [1.807, 2.05) is 12.1 Å². The van der Waals surface area contributed by atoms with Crippen LogP contribution in [0.15, 0.2) is 69.9 Å². The van der Waals surface area contributed by atoms with Crippen LogP contribution in [0.4, 0.5) is 0 Å². The van der Waals surface area contributed by atoms with Crippen LogP contribution < -0.4 is 4.74 Å². The average molecular weight is 460 g/mol. The van der Waals surface area contributed by atoms with Gasteiger partial charge >= 0.3 is 0 Å². The standard InChI is InChI=1S/C24H29NO4S2/c1-24(2,3)30-22-16-25(17-28-4)20-13-14-21(29-5)19(23(20)22)12-9-15-31(26,27)18-10-7-6-8-11-18/h6-11,13-16H,12,17H2,1-5H3/b15-9+. The molecule has 0 radical (unpaired) electrons. The number of allylic oxidation sites excluding steroid dienone is 1. The number of ether oxygens (including phenoxy) is 2.